The molecule has 1 fully saturated rings. The molecule has 0 aliphatic carbocycles. The molecule has 1 saturated heterocycles. The van der Waals surface area contributed by atoms with Gasteiger partial charge in [0.15, 0.2) is 11.7 Å². The molecule has 0 saturated carbocycles. The molecular formula is C21H25N4O2S+. The largest absolute Gasteiger partial charge is 0.497 e. The van der Waals surface area contributed by atoms with Crippen LogP contribution in [0, 0.1) is 6.92 Å². The number of anilines is 2. The first-order valence-electron chi connectivity index (χ1n) is 9.50. The van der Waals surface area contributed by atoms with Crippen LogP contribution >= 0.6 is 11.3 Å². The molecule has 2 heterocycles. The lowest BCUT2D eigenvalue weighted by Gasteiger charge is -2.33. The summed E-state index contributed by atoms with van der Waals surface area (Å²) in [5.41, 5.74) is 3.32. The van der Waals surface area contributed by atoms with Crippen LogP contribution in [0.1, 0.15) is 5.56 Å². The summed E-state index contributed by atoms with van der Waals surface area (Å²) in [5, 5.41) is 3.66. The van der Waals surface area contributed by atoms with Gasteiger partial charge in [0, 0.05) is 5.69 Å². The fraction of sp³-hybridized carbons (Fsp3) is 0.333. The molecular weight excluding hydrogens is 372 g/mol. The Kier molecular flexibility index (Phi) is 5.45. The first-order valence-corrected chi connectivity index (χ1v) is 10.3. The molecule has 1 aromatic heterocycles. The molecule has 1 amide bonds. The lowest BCUT2D eigenvalue weighted by atomic mass is 10.2. The van der Waals surface area contributed by atoms with Gasteiger partial charge in [-0.05, 0) is 48.9 Å². The van der Waals surface area contributed by atoms with Gasteiger partial charge in [0.1, 0.15) is 5.75 Å². The van der Waals surface area contributed by atoms with Crippen molar-refractivity contribution in [2.45, 2.75) is 6.92 Å². The van der Waals surface area contributed by atoms with Gasteiger partial charge in [-0.3, -0.25) is 10.1 Å². The molecule has 28 heavy (non-hydrogen) atoms. The maximum atomic E-state index is 12.5. The van der Waals surface area contributed by atoms with E-state index in [0.717, 1.165) is 42.1 Å². The van der Waals surface area contributed by atoms with E-state index in [4.69, 9.17) is 4.74 Å². The standard InChI is InChI=1S/C21H24N4O2S/c1-15-3-8-19-18(13-15)22-21(28-19)23-20(26)14-24-9-11-25(12-10-24)16-4-6-17(27-2)7-5-16/h3-8,13H,9-12,14H2,1-2H3,(H,22,23,26)/p+1. The number of carbonyl (C=O) groups excluding carboxylic acids is 1. The SMILES string of the molecule is COc1ccc(N2CC[NH+](CC(=O)Nc3nc4cc(C)ccc4s3)CC2)cc1. The molecule has 0 bridgehead atoms. The average Bonchev–Trinajstić information content (AvgIpc) is 3.09. The Hall–Kier alpha value is -2.64. The number of aryl methyl sites for hydroxylation is 1. The minimum absolute atomic E-state index is 0.0312. The van der Waals surface area contributed by atoms with Gasteiger partial charge >= 0.3 is 0 Å². The van der Waals surface area contributed by atoms with E-state index in [0.29, 0.717) is 11.7 Å². The van der Waals surface area contributed by atoms with Crippen LogP contribution in [0.15, 0.2) is 42.5 Å². The number of hydrogen-bond donors (Lipinski definition) is 2. The molecule has 1 aliphatic heterocycles. The number of rotatable bonds is 5. The van der Waals surface area contributed by atoms with Gasteiger partial charge in [-0.25, -0.2) is 4.98 Å². The first kappa shape index (κ1) is 18.7. The van der Waals surface area contributed by atoms with Crippen molar-refractivity contribution in [3.63, 3.8) is 0 Å². The molecule has 3 aromatic rings. The third-order valence-corrected chi connectivity index (χ3v) is 6.06. The summed E-state index contributed by atoms with van der Waals surface area (Å²) >= 11 is 1.53. The van der Waals surface area contributed by atoms with Gasteiger partial charge in [0.25, 0.3) is 5.91 Å². The van der Waals surface area contributed by atoms with Crippen molar-refractivity contribution in [2.24, 2.45) is 0 Å². The Balaban J connectivity index is 1.29. The van der Waals surface area contributed by atoms with Crippen molar-refractivity contribution in [1.29, 1.82) is 0 Å². The Morgan fingerprint density at radius 2 is 1.96 bits per heavy atom. The number of carbonyl (C=O) groups is 1. The predicted molar refractivity (Wildman–Crippen MR) is 114 cm³/mol. The van der Waals surface area contributed by atoms with Crippen LogP contribution in [0.5, 0.6) is 5.75 Å². The second-order valence-electron chi connectivity index (χ2n) is 7.15. The van der Waals surface area contributed by atoms with Crippen LogP contribution in [0.25, 0.3) is 10.2 Å². The number of quaternary nitrogens is 1. The highest BCUT2D eigenvalue weighted by atomic mass is 32.1. The normalized spacial score (nSPS) is 15.0. The van der Waals surface area contributed by atoms with Crippen molar-refractivity contribution in [2.75, 3.05) is 50.1 Å². The molecule has 0 unspecified atom stereocenters. The molecule has 2 N–H and O–H groups in total. The van der Waals surface area contributed by atoms with E-state index in [-0.39, 0.29) is 5.91 Å². The van der Waals surface area contributed by atoms with Crippen LogP contribution in [0.3, 0.4) is 0 Å². The summed E-state index contributed by atoms with van der Waals surface area (Å²) in [5.74, 6) is 0.901. The molecule has 4 rings (SSSR count). The highest BCUT2D eigenvalue weighted by molar-refractivity contribution is 7.22. The molecule has 0 spiro atoms. The number of nitrogens with one attached hydrogen (secondary N) is 2. The molecule has 146 valence electrons. The quantitative estimate of drug-likeness (QED) is 0.691. The van der Waals surface area contributed by atoms with Crippen molar-refractivity contribution in [1.82, 2.24) is 4.98 Å². The van der Waals surface area contributed by atoms with Crippen LogP contribution in [0.4, 0.5) is 10.8 Å². The Morgan fingerprint density at radius 1 is 1.21 bits per heavy atom. The molecule has 7 heteroatoms. The number of fused-ring (bicyclic) bond motifs is 1. The molecule has 6 nitrogen and oxygen atoms in total. The highest BCUT2D eigenvalue weighted by Crippen LogP contribution is 2.26. The predicted octanol–water partition coefficient (Wildman–Crippen LogP) is 1.96. The summed E-state index contributed by atoms with van der Waals surface area (Å²) in [7, 11) is 1.68. The van der Waals surface area contributed by atoms with E-state index >= 15 is 0 Å². The van der Waals surface area contributed by atoms with E-state index in [2.05, 4.69) is 39.5 Å². The van der Waals surface area contributed by atoms with E-state index in [1.54, 1.807) is 7.11 Å². The second kappa shape index (κ2) is 8.16. The van der Waals surface area contributed by atoms with Gasteiger partial charge in [-0.1, -0.05) is 17.4 Å². The zero-order valence-electron chi connectivity index (χ0n) is 16.2. The summed E-state index contributed by atoms with van der Waals surface area (Å²) in [6.45, 7) is 6.29. The number of benzene rings is 2. The summed E-state index contributed by atoms with van der Waals surface area (Å²) in [4.78, 5) is 20.6. The van der Waals surface area contributed by atoms with Crippen LogP contribution in [0.2, 0.25) is 0 Å². The van der Waals surface area contributed by atoms with Crippen LogP contribution in [-0.2, 0) is 4.79 Å². The topological polar surface area (TPSA) is 58.9 Å². The fourth-order valence-electron chi connectivity index (χ4n) is 3.53. The van der Waals surface area contributed by atoms with E-state index in [1.165, 1.54) is 27.5 Å². The molecule has 0 radical (unpaired) electrons. The minimum atomic E-state index is 0.0312. The molecule has 1 aliphatic rings. The van der Waals surface area contributed by atoms with Crippen LogP contribution in [-0.4, -0.2) is 50.7 Å². The minimum Gasteiger partial charge on any atom is -0.497 e. The second-order valence-corrected chi connectivity index (χ2v) is 8.18. The Morgan fingerprint density at radius 3 is 2.68 bits per heavy atom. The van der Waals surface area contributed by atoms with E-state index in [1.807, 2.05) is 25.1 Å². The summed E-state index contributed by atoms with van der Waals surface area (Å²) in [6, 6.07) is 14.3. The number of methoxy groups -OCH3 is 1. The number of thiazole rings is 1. The van der Waals surface area contributed by atoms with Crippen molar-refractivity contribution in [3.05, 3.63) is 48.0 Å². The van der Waals surface area contributed by atoms with Crippen molar-refractivity contribution < 1.29 is 14.4 Å². The first-order chi connectivity index (χ1) is 13.6. The molecule has 0 atom stereocenters. The van der Waals surface area contributed by atoms with Gasteiger partial charge in [0.2, 0.25) is 0 Å². The molecule has 2 aromatic carbocycles. The highest BCUT2D eigenvalue weighted by Gasteiger charge is 2.23. The number of ether oxygens (including phenoxy) is 1. The Bertz CT molecular complexity index is 962. The van der Waals surface area contributed by atoms with Crippen LogP contribution < -0.4 is 19.9 Å². The third-order valence-electron chi connectivity index (χ3n) is 5.11. The number of piperazine rings is 1. The van der Waals surface area contributed by atoms with Gasteiger partial charge < -0.3 is 14.5 Å². The van der Waals surface area contributed by atoms with E-state index in [9.17, 15) is 4.79 Å². The number of amides is 1. The van der Waals surface area contributed by atoms with Crippen molar-refractivity contribution >= 4 is 38.3 Å². The van der Waals surface area contributed by atoms with Gasteiger partial charge in [-0.15, -0.1) is 0 Å². The monoisotopic (exact) mass is 397 g/mol. The average molecular weight is 398 g/mol. The lowest BCUT2D eigenvalue weighted by Crippen LogP contribution is -3.15. The number of hydrogen-bond acceptors (Lipinski definition) is 5. The van der Waals surface area contributed by atoms with Gasteiger partial charge in [0.05, 0.1) is 43.5 Å². The summed E-state index contributed by atoms with van der Waals surface area (Å²) < 4.78 is 6.32. The number of nitrogens with zero attached hydrogens (tertiary/aromatic N) is 2. The maximum absolute atomic E-state index is 12.5. The van der Waals surface area contributed by atoms with Gasteiger partial charge in [-0.2, -0.15) is 0 Å². The Labute approximate surface area is 168 Å². The fourth-order valence-corrected chi connectivity index (χ4v) is 4.39. The lowest BCUT2D eigenvalue weighted by molar-refractivity contribution is -0.892. The number of aromatic nitrogens is 1. The zero-order valence-corrected chi connectivity index (χ0v) is 17.0. The third kappa shape index (κ3) is 4.26. The van der Waals surface area contributed by atoms with E-state index < -0.39 is 0 Å². The summed E-state index contributed by atoms with van der Waals surface area (Å²) in [6.07, 6.45) is 0. The zero-order chi connectivity index (χ0) is 19.5. The van der Waals surface area contributed by atoms with Crippen molar-refractivity contribution in [3.8, 4) is 5.75 Å². The smallest absolute Gasteiger partial charge is 0.281 e. The maximum Gasteiger partial charge on any atom is 0.281 e.